The number of fused-ring (bicyclic) bond motifs is 1. The van der Waals surface area contributed by atoms with Crippen molar-refractivity contribution in [2.75, 3.05) is 7.11 Å². The van der Waals surface area contributed by atoms with Crippen LogP contribution >= 0.6 is 0 Å². The lowest BCUT2D eigenvalue weighted by atomic mass is 9.86. The van der Waals surface area contributed by atoms with E-state index in [0.29, 0.717) is 25.0 Å². The molecule has 0 saturated carbocycles. The highest BCUT2D eigenvalue weighted by atomic mass is 16.5. The van der Waals surface area contributed by atoms with Crippen LogP contribution in [0.1, 0.15) is 72.7 Å². The van der Waals surface area contributed by atoms with Crippen molar-refractivity contribution in [3.8, 4) is 5.75 Å². The van der Waals surface area contributed by atoms with Gasteiger partial charge in [0.1, 0.15) is 22.6 Å². The third-order valence-electron chi connectivity index (χ3n) is 6.63. The molecule has 3 aromatic rings. The number of oxazole rings is 1. The van der Waals surface area contributed by atoms with E-state index in [-0.39, 0.29) is 65.1 Å². The van der Waals surface area contributed by atoms with Gasteiger partial charge in [-0.05, 0) is 49.4 Å². The number of aromatic nitrogens is 2. The highest BCUT2D eigenvalue weighted by Crippen LogP contribution is 2.29. The molecule has 4 atom stereocenters. The van der Waals surface area contributed by atoms with Gasteiger partial charge >= 0.3 is 5.97 Å². The Bertz CT molecular complexity index is 1220. The Hall–Kier alpha value is -3.50. The summed E-state index contributed by atoms with van der Waals surface area (Å²) in [4.78, 5) is 43.8. The fraction of sp³-hybridized carbons (Fsp3) is 0.481. The SMILES string of the molecule is COC(=O)c1c(O)ccc2oc(C[C@@H](O)CCCC(=O)CC[C@@H](C)[C@H](O)[C@H](C)C(=O)c3ccc[nH]3)nc12. The largest absolute Gasteiger partial charge is 0.507 e. The smallest absolute Gasteiger partial charge is 0.344 e. The number of hydrogen-bond donors (Lipinski definition) is 4. The second kappa shape index (κ2) is 12.6. The molecule has 0 aliphatic heterocycles. The van der Waals surface area contributed by atoms with Crippen LogP contribution in [0.2, 0.25) is 0 Å². The van der Waals surface area contributed by atoms with Crippen LogP contribution in [0, 0.1) is 11.8 Å². The molecule has 0 saturated heterocycles. The summed E-state index contributed by atoms with van der Waals surface area (Å²) in [5.74, 6) is -1.77. The van der Waals surface area contributed by atoms with Gasteiger partial charge in [-0.25, -0.2) is 9.78 Å². The van der Waals surface area contributed by atoms with Gasteiger partial charge in [0, 0.05) is 25.0 Å². The zero-order chi connectivity index (χ0) is 27.1. The normalized spacial score (nSPS) is 14.7. The van der Waals surface area contributed by atoms with E-state index in [1.54, 1.807) is 25.3 Å². The van der Waals surface area contributed by atoms with E-state index in [1.807, 2.05) is 6.92 Å². The van der Waals surface area contributed by atoms with E-state index in [1.165, 1.54) is 19.2 Å². The molecule has 0 spiro atoms. The summed E-state index contributed by atoms with van der Waals surface area (Å²) >= 11 is 0. The van der Waals surface area contributed by atoms with Crippen molar-refractivity contribution in [3.63, 3.8) is 0 Å². The van der Waals surface area contributed by atoms with E-state index in [9.17, 15) is 29.7 Å². The highest BCUT2D eigenvalue weighted by molar-refractivity contribution is 6.04. The first kappa shape index (κ1) is 28.1. The van der Waals surface area contributed by atoms with Gasteiger partial charge in [-0.2, -0.15) is 0 Å². The summed E-state index contributed by atoms with van der Waals surface area (Å²) in [5.41, 5.74) is 0.797. The number of rotatable bonds is 14. The van der Waals surface area contributed by atoms with Gasteiger partial charge in [-0.1, -0.05) is 13.8 Å². The summed E-state index contributed by atoms with van der Waals surface area (Å²) in [6.45, 7) is 3.51. The molecule has 3 rings (SSSR count). The van der Waals surface area contributed by atoms with Crippen LogP contribution in [0.3, 0.4) is 0 Å². The number of phenolic OH excluding ortho intramolecular Hbond substituents is 1. The molecule has 0 fully saturated rings. The molecular weight excluding hydrogens is 480 g/mol. The first-order valence-corrected chi connectivity index (χ1v) is 12.4. The number of methoxy groups -OCH3 is 1. The standard InChI is InChI=1S/C27H34N2O8/c1-15(25(33)16(2)26(34)19-8-5-13-28-19)9-10-17(30)6-4-7-18(31)14-22-29-24-21(37-22)12-11-20(32)23(24)27(35)36-3/h5,8,11-13,15-16,18,25,28,31-33H,4,6-7,9-10,14H2,1-3H3/t15-,16+,18+,25+/m1/s1. The maximum Gasteiger partial charge on any atom is 0.344 e. The summed E-state index contributed by atoms with van der Waals surface area (Å²) in [5, 5.41) is 30.9. The number of aromatic hydroxyl groups is 1. The highest BCUT2D eigenvalue weighted by Gasteiger charge is 2.28. The number of carbonyl (C=O) groups is 3. The predicted octanol–water partition coefficient (Wildman–Crippen LogP) is 3.59. The van der Waals surface area contributed by atoms with Gasteiger partial charge < -0.3 is 29.5 Å². The number of benzene rings is 1. The van der Waals surface area contributed by atoms with Crippen LogP contribution < -0.4 is 0 Å². The number of Topliss-reactive ketones (excluding diaryl/α,β-unsaturated/α-hetero) is 2. The average Bonchev–Trinajstić information content (AvgIpc) is 3.55. The fourth-order valence-corrected chi connectivity index (χ4v) is 4.32. The van der Waals surface area contributed by atoms with Gasteiger partial charge in [0.25, 0.3) is 0 Å². The van der Waals surface area contributed by atoms with Crippen LogP contribution in [0.5, 0.6) is 5.75 Å². The van der Waals surface area contributed by atoms with Crippen molar-refractivity contribution in [2.24, 2.45) is 11.8 Å². The number of aliphatic hydroxyl groups excluding tert-OH is 2. The van der Waals surface area contributed by atoms with Crippen LogP contribution in [-0.2, 0) is 16.0 Å². The van der Waals surface area contributed by atoms with Gasteiger partial charge in [-0.3, -0.25) is 9.59 Å². The average molecular weight is 515 g/mol. The molecule has 200 valence electrons. The Labute approximate surface area is 214 Å². The molecule has 2 heterocycles. The number of aromatic amines is 1. The molecule has 10 nitrogen and oxygen atoms in total. The van der Waals surface area contributed by atoms with Crippen molar-refractivity contribution >= 4 is 28.6 Å². The third kappa shape index (κ3) is 7.05. The number of phenols is 1. The zero-order valence-electron chi connectivity index (χ0n) is 21.3. The summed E-state index contributed by atoms with van der Waals surface area (Å²) in [7, 11) is 1.20. The number of ketones is 2. The quantitative estimate of drug-likeness (QED) is 0.186. The van der Waals surface area contributed by atoms with E-state index in [4.69, 9.17) is 4.42 Å². The Balaban J connectivity index is 1.42. The van der Waals surface area contributed by atoms with Crippen molar-refractivity contribution in [2.45, 2.75) is 64.6 Å². The third-order valence-corrected chi connectivity index (χ3v) is 6.63. The minimum Gasteiger partial charge on any atom is -0.507 e. The van der Waals surface area contributed by atoms with E-state index in [2.05, 4.69) is 14.7 Å². The number of nitrogens with zero attached hydrogens (tertiary/aromatic N) is 1. The van der Waals surface area contributed by atoms with Gasteiger partial charge in [0.15, 0.2) is 17.3 Å². The Kier molecular flexibility index (Phi) is 9.60. The van der Waals surface area contributed by atoms with Crippen molar-refractivity contribution in [1.82, 2.24) is 9.97 Å². The second-order valence-electron chi connectivity index (χ2n) is 9.44. The van der Waals surface area contributed by atoms with Crippen molar-refractivity contribution in [1.29, 1.82) is 0 Å². The summed E-state index contributed by atoms with van der Waals surface area (Å²) in [6, 6.07) is 6.19. The minimum atomic E-state index is -0.858. The lowest BCUT2D eigenvalue weighted by Crippen LogP contribution is -2.32. The monoisotopic (exact) mass is 514 g/mol. The molecule has 10 heteroatoms. The van der Waals surface area contributed by atoms with Gasteiger partial charge in [0.05, 0.1) is 31.4 Å². The van der Waals surface area contributed by atoms with Crippen LogP contribution in [0.4, 0.5) is 0 Å². The Morgan fingerprint density at radius 3 is 2.54 bits per heavy atom. The maximum absolute atomic E-state index is 12.4. The van der Waals surface area contributed by atoms with E-state index >= 15 is 0 Å². The fourth-order valence-electron chi connectivity index (χ4n) is 4.32. The lowest BCUT2D eigenvalue weighted by Gasteiger charge is -2.23. The second-order valence-corrected chi connectivity index (χ2v) is 9.44. The Morgan fingerprint density at radius 2 is 1.86 bits per heavy atom. The summed E-state index contributed by atoms with van der Waals surface area (Å²) in [6.07, 6.45) is 1.91. The topological polar surface area (TPSA) is 163 Å². The maximum atomic E-state index is 12.4. The number of H-pyrrole nitrogens is 1. The molecule has 0 aliphatic carbocycles. The first-order valence-electron chi connectivity index (χ1n) is 12.4. The van der Waals surface area contributed by atoms with E-state index < -0.39 is 24.1 Å². The number of aliphatic hydroxyl groups is 2. The molecule has 37 heavy (non-hydrogen) atoms. The van der Waals surface area contributed by atoms with Gasteiger partial charge in [0.2, 0.25) is 0 Å². The summed E-state index contributed by atoms with van der Waals surface area (Å²) < 4.78 is 10.3. The first-order chi connectivity index (χ1) is 17.6. The lowest BCUT2D eigenvalue weighted by molar-refractivity contribution is -0.119. The molecule has 4 N–H and O–H groups in total. The zero-order valence-corrected chi connectivity index (χ0v) is 21.3. The molecule has 0 bridgehead atoms. The molecule has 1 aromatic carbocycles. The number of carbonyl (C=O) groups excluding carboxylic acids is 3. The molecule has 0 aliphatic rings. The molecular formula is C27H34N2O8. The van der Waals surface area contributed by atoms with Crippen LogP contribution in [0.15, 0.2) is 34.9 Å². The van der Waals surface area contributed by atoms with Crippen LogP contribution in [0.25, 0.3) is 11.1 Å². The number of hydrogen-bond acceptors (Lipinski definition) is 9. The van der Waals surface area contributed by atoms with Crippen LogP contribution in [-0.4, -0.2) is 62.1 Å². The van der Waals surface area contributed by atoms with Crippen molar-refractivity contribution < 1.29 is 38.9 Å². The van der Waals surface area contributed by atoms with E-state index in [0.717, 1.165) is 0 Å². The molecule has 2 aromatic heterocycles. The predicted molar refractivity (Wildman–Crippen MR) is 134 cm³/mol. The molecule has 0 amide bonds. The molecule has 0 unspecified atom stereocenters. The number of nitrogens with one attached hydrogen (secondary N) is 1. The van der Waals surface area contributed by atoms with Gasteiger partial charge in [-0.15, -0.1) is 0 Å². The molecule has 0 radical (unpaired) electrons. The number of esters is 1. The minimum absolute atomic E-state index is 0.0228. The Morgan fingerprint density at radius 1 is 1.11 bits per heavy atom. The van der Waals surface area contributed by atoms with Crippen molar-refractivity contribution in [3.05, 3.63) is 47.6 Å². The number of ether oxygens (including phenoxy) is 1.